The first-order chi connectivity index (χ1) is 10.3. The van der Waals surface area contributed by atoms with Crippen molar-refractivity contribution in [1.29, 1.82) is 0 Å². The molecule has 112 valence electrons. The summed E-state index contributed by atoms with van der Waals surface area (Å²) in [7, 11) is 3.76. The highest BCUT2D eigenvalue weighted by atomic mass is 35.5. The van der Waals surface area contributed by atoms with Crippen LogP contribution >= 0.6 is 0 Å². The second-order valence-electron chi connectivity index (χ2n) is 4.97. The van der Waals surface area contributed by atoms with Crippen LogP contribution in [0.3, 0.4) is 0 Å². The summed E-state index contributed by atoms with van der Waals surface area (Å²) in [6.45, 7) is 0. The number of fused-ring (bicyclic) bond motifs is 1. The Hall–Kier alpha value is -2.32. The Bertz CT molecular complexity index is 811. The van der Waals surface area contributed by atoms with E-state index in [4.69, 9.17) is 4.74 Å². The van der Waals surface area contributed by atoms with Gasteiger partial charge in [0.05, 0.1) is 7.11 Å². The number of halogens is 1. The third kappa shape index (κ3) is 3.12. The molecule has 0 spiro atoms. The summed E-state index contributed by atoms with van der Waals surface area (Å²) in [6.07, 6.45) is 6.33. The van der Waals surface area contributed by atoms with Gasteiger partial charge in [-0.2, -0.15) is 0 Å². The smallest absolute Gasteiger partial charge is 0.204 e. The van der Waals surface area contributed by atoms with Crippen molar-refractivity contribution < 1.29 is 21.7 Å². The number of pyridine rings is 1. The van der Waals surface area contributed by atoms with Crippen molar-refractivity contribution in [2.24, 2.45) is 7.05 Å². The minimum Gasteiger partial charge on any atom is -1.00 e. The highest BCUT2D eigenvalue weighted by molar-refractivity contribution is 5.96. The van der Waals surface area contributed by atoms with Gasteiger partial charge in [-0.05, 0) is 29.2 Å². The Morgan fingerprint density at radius 3 is 2.32 bits per heavy atom. The molecule has 0 saturated heterocycles. The number of rotatable bonds is 3. The molecule has 0 bridgehead atoms. The van der Waals surface area contributed by atoms with Gasteiger partial charge in [0, 0.05) is 23.6 Å². The normalized spacial score (nSPS) is 10.6. The molecule has 2 nitrogen and oxygen atoms in total. The minimum absolute atomic E-state index is 0. The van der Waals surface area contributed by atoms with Gasteiger partial charge in [-0.1, -0.05) is 30.3 Å². The summed E-state index contributed by atoms with van der Waals surface area (Å²) in [5, 5.41) is 2.34. The zero-order valence-electron chi connectivity index (χ0n) is 12.7. The van der Waals surface area contributed by atoms with Gasteiger partial charge in [0.25, 0.3) is 0 Å². The topological polar surface area (TPSA) is 13.1 Å². The molecule has 0 saturated carbocycles. The molecule has 2 aromatic carbocycles. The first-order valence-electron chi connectivity index (χ1n) is 6.98. The van der Waals surface area contributed by atoms with Gasteiger partial charge in [0.1, 0.15) is 12.8 Å². The summed E-state index contributed by atoms with van der Waals surface area (Å²) < 4.78 is 7.54. The Morgan fingerprint density at radius 2 is 1.59 bits per heavy atom. The number of aryl methyl sites for hydroxylation is 1. The number of methoxy groups -OCH3 is 1. The van der Waals surface area contributed by atoms with E-state index in [1.807, 2.05) is 37.5 Å². The van der Waals surface area contributed by atoms with E-state index in [9.17, 15) is 0 Å². The van der Waals surface area contributed by atoms with Crippen LogP contribution in [0.5, 0.6) is 5.75 Å². The third-order valence-electron chi connectivity index (χ3n) is 3.67. The molecule has 1 aromatic heterocycles. The summed E-state index contributed by atoms with van der Waals surface area (Å²) in [5.74, 6) is 0.910. The lowest BCUT2D eigenvalue weighted by Gasteiger charge is -2.07. The van der Waals surface area contributed by atoms with Crippen molar-refractivity contribution in [2.45, 2.75) is 0 Å². The molecule has 0 aliphatic rings. The maximum Gasteiger partial charge on any atom is 0.204 e. The van der Waals surface area contributed by atoms with E-state index in [1.165, 1.54) is 10.9 Å². The fourth-order valence-corrected chi connectivity index (χ4v) is 2.50. The predicted octanol–water partition coefficient (Wildman–Crippen LogP) is 0.847. The minimum atomic E-state index is 0. The molecule has 1 heterocycles. The van der Waals surface area contributed by atoms with Gasteiger partial charge >= 0.3 is 0 Å². The monoisotopic (exact) mass is 311 g/mol. The number of hydrogen-bond donors (Lipinski definition) is 0. The second kappa shape index (κ2) is 7.10. The summed E-state index contributed by atoms with van der Waals surface area (Å²) in [5.41, 5.74) is 2.35. The van der Waals surface area contributed by atoms with Crippen molar-refractivity contribution in [3.8, 4) is 5.75 Å². The molecule has 0 aliphatic carbocycles. The molecule has 0 amide bonds. The van der Waals surface area contributed by atoms with Crippen LogP contribution in [0.15, 0.2) is 60.8 Å². The summed E-state index contributed by atoms with van der Waals surface area (Å²) in [6, 6.07) is 18.6. The average molecular weight is 312 g/mol. The fourth-order valence-electron chi connectivity index (χ4n) is 2.50. The van der Waals surface area contributed by atoms with Crippen LogP contribution in [-0.2, 0) is 7.05 Å². The lowest BCUT2D eigenvalue weighted by Crippen LogP contribution is -3.00. The molecule has 0 fully saturated rings. The first-order valence-corrected chi connectivity index (χ1v) is 6.98. The molecular weight excluding hydrogens is 294 g/mol. The molecular formula is C19H18ClNO. The molecule has 0 radical (unpaired) electrons. The Morgan fingerprint density at radius 1 is 0.864 bits per heavy atom. The molecule has 0 unspecified atom stereocenters. The van der Waals surface area contributed by atoms with Crippen molar-refractivity contribution in [1.82, 2.24) is 0 Å². The maximum absolute atomic E-state index is 5.44. The van der Waals surface area contributed by atoms with E-state index in [0.717, 1.165) is 16.8 Å². The van der Waals surface area contributed by atoms with Gasteiger partial charge in [-0.3, -0.25) is 0 Å². The highest BCUT2D eigenvalue weighted by Gasteiger charge is 2.05. The van der Waals surface area contributed by atoms with Gasteiger partial charge in [-0.15, -0.1) is 0 Å². The standard InChI is InChI=1S/C19H18NO.ClH/c1-20-14-6-5-7-16(20)12-10-15-11-13-19(21-2)18-9-4-3-8-17(15)18;/h3-14H,1-2H3;1H/q+1;/p-1/b12-10+;. The van der Waals surface area contributed by atoms with Crippen LogP contribution < -0.4 is 21.7 Å². The van der Waals surface area contributed by atoms with E-state index in [2.05, 4.69) is 47.1 Å². The van der Waals surface area contributed by atoms with Crippen LogP contribution in [0.25, 0.3) is 22.9 Å². The van der Waals surface area contributed by atoms with Crippen molar-refractivity contribution >= 4 is 22.9 Å². The largest absolute Gasteiger partial charge is 1.00 e. The summed E-state index contributed by atoms with van der Waals surface area (Å²) in [4.78, 5) is 0. The third-order valence-corrected chi connectivity index (χ3v) is 3.67. The van der Waals surface area contributed by atoms with Gasteiger partial charge in [-0.25, -0.2) is 4.57 Å². The lowest BCUT2D eigenvalue weighted by atomic mass is 10.0. The van der Waals surface area contributed by atoms with Gasteiger partial charge in [0.15, 0.2) is 6.20 Å². The fraction of sp³-hybridized carbons (Fsp3) is 0.105. The van der Waals surface area contributed by atoms with Crippen LogP contribution in [-0.4, -0.2) is 7.11 Å². The molecule has 22 heavy (non-hydrogen) atoms. The molecule has 0 aliphatic heterocycles. The summed E-state index contributed by atoms with van der Waals surface area (Å²) >= 11 is 0. The number of ether oxygens (including phenoxy) is 1. The van der Waals surface area contributed by atoms with Crippen molar-refractivity contribution in [3.63, 3.8) is 0 Å². The SMILES string of the molecule is COc1ccc(/C=C/c2cccc[n+]2C)c2ccccc12.[Cl-]. The predicted molar refractivity (Wildman–Crippen MR) is 87.0 cm³/mol. The van der Waals surface area contributed by atoms with Gasteiger partial charge < -0.3 is 17.1 Å². The zero-order valence-corrected chi connectivity index (χ0v) is 13.4. The molecule has 0 atom stereocenters. The van der Waals surface area contributed by atoms with Crippen LogP contribution in [0.4, 0.5) is 0 Å². The highest BCUT2D eigenvalue weighted by Crippen LogP contribution is 2.29. The van der Waals surface area contributed by atoms with Crippen LogP contribution in [0, 0.1) is 0 Å². The molecule has 0 N–H and O–H groups in total. The number of benzene rings is 2. The quantitative estimate of drug-likeness (QED) is 0.654. The van der Waals surface area contributed by atoms with Gasteiger partial charge in [0.2, 0.25) is 5.69 Å². The van der Waals surface area contributed by atoms with Crippen LogP contribution in [0.2, 0.25) is 0 Å². The zero-order chi connectivity index (χ0) is 14.7. The van der Waals surface area contributed by atoms with Crippen molar-refractivity contribution in [3.05, 3.63) is 72.1 Å². The second-order valence-corrected chi connectivity index (χ2v) is 4.97. The first kappa shape index (κ1) is 16.1. The average Bonchev–Trinajstić information content (AvgIpc) is 2.54. The Labute approximate surface area is 137 Å². The Kier molecular flexibility index (Phi) is 5.18. The lowest BCUT2D eigenvalue weighted by molar-refractivity contribution is -0.673. The molecule has 3 rings (SSSR count). The van der Waals surface area contributed by atoms with E-state index in [-0.39, 0.29) is 12.4 Å². The number of aromatic nitrogens is 1. The Balaban J connectivity index is 0.00000176. The maximum atomic E-state index is 5.44. The van der Waals surface area contributed by atoms with Crippen LogP contribution in [0.1, 0.15) is 11.3 Å². The molecule has 3 heteroatoms. The van der Waals surface area contributed by atoms with E-state index in [0.29, 0.717) is 0 Å². The van der Waals surface area contributed by atoms with E-state index >= 15 is 0 Å². The van der Waals surface area contributed by atoms with E-state index in [1.54, 1.807) is 7.11 Å². The number of nitrogens with zero attached hydrogens (tertiary/aromatic N) is 1. The van der Waals surface area contributed by atoms with E-state index < -0.39 is 0 Å². The molecule has 3 aromatic rings. The number of hydrogen-bond acceptors (Lipinski definition) is 1. The van der Waals surface area contributed by atoms with Crippen molar-refractivity contribution in [2.75, 3.05) is 7.11 Å².